The number of amides is 1. The lowest BCUT2D eigenvalue weighted by atomic mass is 10.1. The molecule has 0 aromatic heterocycles. The van der Waals surface area contributed by atoms with E-state index in [4.69, 9.17) is 16.4 Å². The van der Waals surface area contributed by atoms with E-state index in [1.54, 1.807) is 18.2 Å². The summed E-state index contributed by atoms with van der Waals surface area (Å²) in [5, 5.41) is 0. The first-order valence-electron chi connectivity index (χ1n) is 7.68. The minimum Gasteiger partial charge on any atom is -0.382 e. The number of hydrogen-bond donors (Lipinski definition) is 0. The van der Waals surface area contributed by atoms with Gasteiger partial charge in [-0.15, -0.1) is 0 Å². The van der Waals surface area contributed by atoms with E-state index in [2.05, 4.69) is 15.9 Å². The highest BCUT2D eigenvalue weighted by molar-refractivity contribution is 9.10. The second kappa shape index (κ2) is 7.75. The van der Waals surface area contributed by atoms with Gasteiger partial charge in [-0.1, -0.05) is 58.1 Å². The molecule has 0 N–H and O–H groups in total. The van der Waals surface area contributed by atoms with Gasteiger partial charge < -0.3 is 4.18 Å². The van der Waals surface area contributed by atoms with Crippen molar-refractivity contribution in [2.24, 2.45) is 0 Å². The van der Waals surface area contributed by atoms with Gasteiger partial charge in [0, 0.05) is 10.0 Å². The van der Waals surface area contributed by atoms with Crippen LogP contribution in [0.2, 0.25) is 0 Å². The molecule has 0 aliphatic carbocycles. The molecule has 27 heavy (non-hydrogen) atoms. The third kappa shape index (κ3) is 4.60. The van der Waals surface area contributed by atoms with Crippen LogP contribution in [0, 0.1) is 6.92 Å². The number of carbonyl (C=O) groups excluding carboxylic acids is 1. The molecule has 0 spiro atoms. The number of hydrogen-bond acceptors (Lipinski definition) is 6. The summed E-state index contributed by atoms with van der Waals surface area (Å²) in [5.74, 6) is -0.119. The molecule has 0 atom stereocenters. The molecule has 0 bridgehead atoms. The largest absolute Gasteiger partial charge is 0.382 e. The zero-order chi connectivity index (χ0) is 19.8. The van der Waals surface area contributed by atoms with E-state index in [0.29, 0.717) is 14.8 Å². The van der Waals surface area contributed by atoms with Crippen LogP contribution >= 0.6 is 39.9 Å². The van der Waals surface area contributed by atoms with Crippen LogP contribution < -0.4 is 9.08 Å². The van der Waals surface area contributed by atoms with E-state index in [-0.39, 0.29) is 11.7 Å². The van der Waals surface area contributed by atoms with Gasteiger partial charge in [0.1, 0.15) is 5.75 Å². The quantitative estimate of drug-likeness (QED) is 0.362. The van der Waals surface area contributed by atoms with Crippen molar-refractivity contribution in [3.05, 3.63) is 63.0 Å². The third-order valence-electron chi connectivity index (χ3n) is 3.65. The highest BCUT2D eigenvalue weighted by Gasteiger charge is 2.34. The molecular formula is C18H14BrNO4S3. The van der Waals surface area contributed by atoms with Gasteiger partial charge >= 0.3 is 10.1 Å². The number of thiocarbonyl (C=S) groups is 1. The SMILES string of the molecule is Cc1ccccc1N1C(=O)/C(=C\c2cc(Br)ccc2OS(C)(=O)=O)SC1=S. The van der Waals surface area contributed by atoms with Gasteiger partial charge in [-0.3, -0.25) is 9.69 Å². The van der Waals surface area contributed by atoms with Crippen LogP contribution in [-0.4, -0.2) is 24.9 Å². The van der Waals surface area contributed by atoms with Crippen molar-refractivity contribution in [3.63, 3.8) is 0 Å². The Morgan fingerprint density at radius 1 is 1.22 bits per heavy atom. The van der Waals surface area contributed by atoms with Gasteiger partial charge in [-0.25, -0.2) is 0 Å². The Morgan fingerprint density at radius 3 is 2.59 bits per heavy atom. The minimum atomic E-state index is -3.70. The van der Waals surface area contributed by atoms with E-state index in [1.807, 2.05) is 31.2 Å². The molecule has 2 aromatic rings. The van der Waals surface area contributed by atoms with Crippen molar-refractivity contribution >= 4 is 72.0 Å². The molecule has 3 rings (SSSR count). The van der Waals surface area contributed by atoms with Gasteiger partial charge in [-0.2, -0.15) is 8.42 Å². The number of anilines is 1. The molecule has 1 aliphatic rings. The maximum atomic E-state index is 12.9. The van der Waals surface area contributed by atoms with E-state index < -0.39 is 10.1 Å². The van der Waals surface area contributed by atoms with Crippen molar-refractivity contribution in [1.29, 1.82) is 0 Å². The highest BCUT2D eigenvalue weighted by atomic mass is 79.9. The Kier molecular flexibility index (Phi) is 5.76. The summed E-state index contributed by atoms with van der Waals surface area (Å²) in [6, 6.07) is 12.3. The van der Waals surface area contributed by atoms with Crippen molar-refractivity contribution in [2.75, 3.05) is 11.2 Å². The molecule has 0 radical (unpaired) electrons. The van der Waals surface area contributed by atoms with Gasteiger partial charge in [0.05, 0.1) is 16.8 Å². The van der Waals surface area contributed by atoms with Gasteiger partial charge in [0.25, 0.3) is 5.91 Å². The Hall–Kier alpha value is -1.68. The van der Waals surface area contributed by atoms with Crippen molar-refractivity contribution in [3.8, 4) is 5.75 Å². The van der Waals surface area contributed by atoms with Gasteiger partial charge in [0.15, 0.2) is 4.32 Å². The summed E-state index contributed by atoms with van der Waals surface area (Å²) in [5.41, 5.74) is 2.11. The molecule has 0 unspecified atom stereocenters. The monoisotopic (exact) mass is 483 g/mol. The maximum absolute atomic E-state index is 12.9. The van der Waals surface area contributed by atoms with E-state index in [1.165, 1.54) is 11.0 Å². The smallest absolute Gasteiger partial charge is 0.306 e. The van der Waals surface area contributed by atoms with E-state index in [9.17, 15) is 13.2 Å². The minimum absolute atomic E-state index is 0.141. The van der Waals surface area contributed by atoms with Crippen LogP contribution in [0.4, 0.5) is 5.69 Å². The van der Waals surface area contributed by atoms with Gasteiger partial charge in [0.2, 0.25) is 0 Å². The molecule has 0 saturated carbocycles. The topological polar surface area (TPSA) is 63.7 Å². The molecule has 2 aromatic carbocycles. The predicted octanol–water partition coefficient (Wildman–Crippen LogP) is 4.50. The summed E-state index contributed by atoms with van der Waals surface area (Å²) in [6.45, 7) is 1.91. The Morgan fingerprint density at radius 2 is 1.93 bits per heavy atom. The second-order valence-corrected chi connectivity index (χ2v) is 9.94. The normalized spacial score (nSPS) is 16.3. The van der Waals surface area contributed by atoms with Crippen LogP contribution in [0.1, 0.15) is 11.1 Å². The molecule has 1 heterocycles. The zero-order valence-electron chi connectivity index (χ0n) is 14.3. The lowest BCUT2D eigenvalue weighted by molar-refractivity contribution is -0.113. The molecule has 1 fully saturated rings. The van der Waals surface area contributed by atoms with E-state index in [0.717, 1.165) is 33.7 Å². The van der Waals surface area contributed by atoms with E-state index >= 15 is 0 Å². The highest BCUT2D eigenvalue weighted by Crippen LogP contribution is 2.38. The molecule has 5 nitrogen and oxygen atoms in total. The molecule has 1 saturated heterocycles. The number of para-hydroxylation sites is 1. The summed E-state index contributed by atoms with van der Waals surface area (Å²) in [7, 11) is -3.70. The Labute approximate surface area is 175 Å². The van der Waals surface area contributed by atoms with Gasteiger partial charge in [-0.05, 0) is 42.8 Å². The third-order valence-corrected chi connectivity index (χ3v) is 5.93. The number of rotatable bonds is 4. The number of thioether (sulfide) groups is 1. The van der Waals surface area contributed by atoms with Crippen LogP contribution in [0.3, 0.4) is 0 Å². The zero-order valence-corrected chi connectivity index (χ0v) is 18.3. The average Bonchev–Trinajstić information content (AvgIpc) is 2.84. The Balaban J connectivity index is 2.02. The van der Waals surface area contributed by atoms with Crippen LogP contribution in [0.15, 0.2) is 51.8 Å². The summed E-state index contributed by atoms with van der Waals surface area (Å²) < 4.78 is 29.2. The second-order valence-electron chi connectivity index (χ2n) is 5.77. The lowest BCUT2D eigenvalue weighted by Gasteiger charge is -2.16. The fourth-order valence-electron chi connectivity index (χ4n) is 2.50. The maximum Gasteiger partial charge on any atom is 0.306 e. The summed E-state index contributed by atoms with van der Waals surface area (Å²) in [6.07, 6.45) is 2.55. The Bertz CT molecular complexity index is 1080. The van der Waals surface area contributed by atoms with Crippen molar-refractivity contribution < 1.29 is 17.4 Å². The number of benzene rings is 2. The van der Waals surface area contributed by atoms with Crippen molar-refractivity contribution in [2.45, 2.75) is 6.92 Å². The standard InChI is InChI=1S/C18H14BrNO4S3/c1-11-5-3-4-6-14(11)20-17(21)16(26-18(20)25)10-12-9-13(19)7-8-15(12)24-27(2,22)23/h3-10H,1-2H3/b16-10+. The number of aryl methyl sites for hydroxylation is 1. The molecule has 140 valence electrons. The number of halogens is 1. The molecule has 1 amide bonds. The fraction of sp³-hybridized carbons (Fsp3) is 0.111. The first kappa shape index (κ1) is 20.1. The van der Waals surface area contributed by atoms with Crippen LogP contribution in [0.5, 0.6) is 5.75 Å². The summed E-state index contributed by atoms with van der Waals surface area (Å²) >= 11 is 9.90. The molecule has 1 aliphatic heterocycles. The molecular weight excluding hydrogens is 470 g/mol. The first-order chi connectivity index (χ1) is 12.7. The molecule has 9 heteroatoms. The predicted molar refractivity (Wildman–Crippen MR) is 116 cm³/mol. The lowest BCUT2D eigenvalue weighted by Crippen LogP contribution is -2.28. The summed E-state index contributed by atoms with van der Waals surface area (Å²) in [4.78, 5) is 14.8. The van der Waals surface area contributed by atoms with Crippen LogP contribution in [-0.2, 0) is 14.9 Å². The first-order valence-corrected chi connectivity index (χ1v) is 11.5. The number of carbonyl (C=O) groups is 1. The van der Waals surface area contributed by atoms with Crippen LogP contribution in [0.25, 0.3) is 6.08 Å². The fourth-order valence-corrected chi connectivity index (χ4v) is 4.63. The van der Waals surface area contributed by atoms with Crippen molar-refractivity contribution in [1.82, 2.24) is 0 Å². The number of nitrogens with zero attached hydrogens (tertiary/aromatic N) is 1. The average molecular weight is 484 g/mol.